The number of aliphatic carboxylic acids is 1. The van der Waals surface area contributed by atoms with Gasteiger partial charge in [0.2, 0.25) is 5.91 Å². The molecule has 0 spiro atoms. The van der Waals surface area contributed by atoms with Crippen LogP contribution in [0.4, 0.5) is 5.69 Å². The number of nitrogens with two attached hydrogens (primary N) is 1. The van der Waals surface area contributed by atoms with E-state index in [1.165, 1.54) is 6.08 Å². The number of carboxylic acids is 1. The van der Waals surface area contributed by atoms with Crippen LogP contribution in [0.2, 0.25) is 0 Å². The Balaban J connectivity index is 2.71. The first-order valence-corrected chi connectivity index (χ1v) is 6.27. The molecule has 0 aliphatic heterocycles. The van der Waals surface area contributed by atoms with Crippen LogP contribution in [0.25, 0.3) is 6.08 Å². The minimum Gasteiger partial charge on any atom is -0.478 e. The first-order valence-electron chi connectivity index (χ1n) is 6.27. The lowest BCUT2D eigenvalue weighted by Crippen LogP contribution is -2.45. The monoisotopic (exact) mass is 276 g/mol. The lowest BCUT2D eigenvalue weighted by Gasteiger charge is -2.25. The fourth-order valence-electron chi connectivity index (χ4n) is 1.46. The topological polar surface area (TPSA) is 92.4 Å². The van der Waals surface area contributed by atoms with Gasteiger partial charge in [-0.15, -0.1) is 0 Å². The summed E-state index contributed by atoms with van der Waals surface area (Å²) in [6, 6.07) is 6.24. The Hall–Kier alpha value is -2.14. The number of hydrogen-bond acceptors (Lipinski definition) is 3. The van der Waals surface area contributed by atoms with Gasteiger partial charge in [0.15, 0.2) is 0 Å². The van der Waals surface area contributed by atoms with Crippen LogP contribution in [0.3, 0.4) is 0 Å². The summed E-state index contributed by atoms with van der Waals surface area (Å²) in [6.07, 6.45) is 2.54. The molecule has 20 heavy (non-hydrogen) atoms. The van der Waals surface area contributed by atoms with Gasteiger partial charge in [-0.25, -0.2) is 4.79 Å². The number of nitrogens with one attached hydrogen (secondary N) is 1. The molecule has 5 nitrogen and oxygen atoms in total. The van der Waals surface area contributed by atoms with Crippen molar-refractivity contribution >= 4 is 23.6 Å². The second-order valence-corrected chi connectivity index (χ2v) is 5.63. The van der Waals surface area contributed by atoms with Crippen molar-refractivity contribution in [3.05, 3.63) is 35.9 Å². The summed E-state index contributed by atoms with van der Waals surface area (Å²) >= 11 is 0. The number of carbonyl (C=O) groups is 2. The highest BCUT2D eigenvalue weighted by atomic mass is 16.4. The van der Waals surface area contributed by atoms with Crippen LogP contribution in [-0.4, -0.2) is 23.0 Å². The fourth-order valence-corrected chi connectivity index (χ4v) is 1.46. The van der Waals surface area contributed by atoms with E-state index in [1.54, 1.807) is 24.3 Å². The number of hydrogen-bond donors (Lipinski definition) is 3. The van der Waals surface area contributed by atoms with Crippen molar-refractivity contribution in [2.75, 3.05) is 5.32 Å². The molecule has 0 saturated carbocycles. The van der Waals surface area contributed by atoms with E-state index in [0.29, 0.717) is 5.69 Å². The molecular weight excluding hydrogens is 256 g/mol. The number of anilines is 1. The molecule has 0 aromatic heterocycles. The van der Waals surface area contributed by atoms with Gasteiger partial charge in [0, 0.05) is 11.8 Å². The number of benzene rings is 1. The van der Waals surface area contributed by atoms with Crippen molar-refractivity contribution in [2.45, 2.75) is 26.8 Å². The van der Waals surface area contributed by atoms with Crippen molar-refractivity contribution in [2.24, 2.45) is 11.1 Å². The van der Waals surface area contributed by atoms with E-state index in [1.807, 2.05) is 20.8 Å². The highest BCUT2D eigenvalue weighted by molar-refractivity contribution is 5.95. The van der Waals surface area contributed by atoms with Gasteiger partial charge in [-0.05, 0) is 29.2 Å². The average molecular weight is 276 g/mol. The van der Waals surface area contributed by atoms with Crippen LogP contribution in [0, 0.1) is 5.41 Å². The van der Waals surface area contributed by atoms with Gasteiger partial charge in [0.05, 0.1) is 6.04 Å². The van der Waals surface area contributed by atoms with Crippen LogP contribution in [0.5, 0.6) is 0 Å². The summed E-state index contributed by atoms with van der Waals surface area (Å²) in [4.78, 5) is 22.3. The smallest absolute Gasteiger partial charge is 0.328 e. The molecular formula is C15H20N2O3. The Morgan fingerprint density at radius 1 is 1.25 bits per heavy atom. The first-order chi connectivity index (χ1) is 9.20. The number of carboxylic acid groups (broad SMARTS) is 1. The molecule has 4 N–H and O–H groups in total. The van der Waals surface area contributed by atoms with Crippen LogP contribution in [0.1, 0.15) is 26.3 Å². The standard InChI is InChI=1S/C15H20N2O3/c1-15(2,3)13(16)14(20)17-11-7-4-10(5-8-11)6-9-12(18)19/h4-9,13H,16H2,1-3H3,(H,17,20)(H,18,19)/b9-6+. The van der Waals surface area contributed by atoms with Crippen LogP contribution in [-0.2, 0) is 9.59 Å². The van der Waals surface area contributed by atoms with Gasteiger partial charge in [-0.3, -0.25) is 4.79 Å². The molecule has 0 saturated heterocycles. The Morgan fingerprint density at radius 3 is 2.25 bits per heavy atom. The second kappa shape index (κ2) is 6.34. The maximum atomic E-state index is 11.9. The van der Waals surface area contributed by atoms with Crippen molar-refractivity contribution in [3.8, 4) is 0 Å². The third-order valence-electron chi connectivity index (χ3n) is 2.81. The number of rotatable bonds is 4. The lowest BCUT2D eigenvalue weighted by atomic mass is 9.87. The molecule has 0 radical (unpaired) electrons. The quantitative estimate of drug-likeness (QED) is 0.734. The molecule has 0 aliphatic rings. The molecule has 0 bridgehead atoms. The van der Waals surface area contributed by atoms with Crippen molar-refractivity contribution in [1.82, 2.24) is 0 Å². The summed E-state index contributed by atoms with van der Waals surface area (Å²) in [6.45, 7) is 5.70. The molecule has 108 valence electrons. The zero-order valence-electron chi connectivity index (χ0n) is 11.9. The Kier molecular flexibility index (Phi) is 5.05. The minimum atomic E-state index is -1.00. The average Bonchev–Trinajstić information content (AvgIpc) is 2.35. The van der Waals surface area contributed by atoms with Crippen molar-refractivity contribution < 1.29 is 14.7 Å². The van der Waals surface area contributed by atoms with E-state index in [9.17, 15) is 9.59 Å². The predicted octanol–water partition coefficient (Wildman–Crippen LogP) is 2.10. The van der Waals surface area contributed by atoms with Crippen LogP contribution in [0.15, 0.2) is 30.3 Å². The van der Waals surface area contributed by atoms with Gasteiger partial charge in [0.1, 0.15) is 0 Å². The zero-order valence-corrected chi connectivity index (χ0v) is 11.9. The maximum absolute atomic E-state index is 11.9. The third kappa shape index (κ3) is 4.85. The minimum absolute atomic E-state index is 0.244. The van der Waals surface area contributed by atoms with Crippen molar-refractivity contribution in [1.29, 1.82) is 0 Å². The molecule has 5 heteroatoms. The molecule has 1 amide bonds. The van der Waals surface area contributed by atoms with E-state index in [-0.39, 0.29) is 11.3 Å². The van der Waals surface area contributed by atoms with Gasteiger partial charge >= 0.3 is 5.97 Å². The molecule has 0 fully saturated rings. The third-order valence-corrected chi connectivity index (χ3v) is 2.81. The number of amides is 1. The normalized spacial score (nSPS) is 13.2. The second-order valence-electron chi connectivity index (χ2n) is 5.63. The number of carbonyl (C=O) groups excluding carboxylic acids is 1. The maximum Gasteiger partial charge on any atom is 0.328 e. The van der Waals surface area contributed by atoms with Gasteiger partial charge in [-0.1, -0.05) is 32.9 Å². The molecule has 1 unspecified atom stereocenters. The van der Waals surface area contributed by atoms with Gasteiger partial charge in [-0.2, -0.15) is 0 Å². The van der Waals surface area contributed by atoms with E-state index in [0.717, 1.165) is 11.6 Å². The summed E-state index contributed by atoms with van der Waals surface area (Å²) < 4.78 is 0. The van der Waals surface area contributed by atoms with E-state index >= 15 is 0 Å². The van der Waals surface area contributed by atoms with Crippen LogP contribution < -0.4 is 11.1 Å². The Labute approximate surface area is 118 Å². The van der Waals surface area contributed by atoms with Gasteiger partial charge < -0.3 is 16.2 Å². The highest BCUT2D eigenvalue weighted by Crippen LogP contribution is 2.19. The summed E-state index contributed by atoms with van der Waals surface area (Å²) in [5.41, 5.74) is 6.92. The SMILES string of the molecule is CC(C)(C)C(N)C(=O)Nc1ccc(/C=C/C(=O)O)cc1. The summed E-state index contributed by atoms with van der Waals surface area (Å²) in [7, 11) is 0. The molecule has 1 rings (SSSR count). The molecule has 1 aromatic rings. The van der Waals surface area contributed by atoms with Crippen LogP contribution >= 0.6 is 0 Å². The Bertz CT molecular complexity index is 513. The van der Waals surface area contributed by atoms with E-state index < -0.39 is 12.0 Å². The van der Waals surface area contributed by atoms with Gasteiger partial charge in [0.25, 0.3) is 0 Å². The molecule has 0 heterocycles. The molecule has 1 atom stereocenters. The largest absolute Gasteiger partial charge is 0.478 e. The first kappa shape index (κ1) is 15.9. The molecule has 1 aromatic carbocycles. The lowest BCUT2D eigenvalue weighted by molar-refractivity contribution is -0.131. The van der Waals surface area contributed by atoms with Crippen molar-refractivity contribution in [3.63, 3.8) is 0 Å². The zero-order chi connectivity index (χ0) is 15.3. The predicted molar refractivity (Wildman–Crippen MR) is 79.2 cm³/mol. The highest BCUT2D eigenvalue weighted by Gasteiger charge is 2.27. The summed E-state index contributed by atoms with van der Waals surface area (Å²) in [5, 5.41) is 11.3. The van der Waals surface area contributed by atoms with E-state index in [4.69, 9.17) is 10.8 Å². The summed E-state index contributed by atoms with van der Waals surface area (Å²) in [5.74, 6) is -1.25. The Morgan fingerprint density at radius 2 is 1.80 bits per heavy atom. The van der Waals surface area contributed by atoms with E-state index in [2.05, 4.69) is 5.32 Å². The molecule has 0 aliphatic carbocycles. The fraction of sp³-hybridized carbons (Fsp3) is 0.333.